The predicted octanol–water partition coefficient (Wildman–Crippen LogP) is 0.755. The summed E-state index contributed by atoms with van der Waals surface area (Å²) in [5.74, 6) is 0.530. The molecule has 0 N–H and O–H groups in total. The van der Waals surface area contributed by atoms with Crippen LogP contribution in [0.5, 0.6) is 0 Å². The second kappa shape index (κ2) is 6.08. The maximum Gasteiger partial charge on any atom is 0.259 e. The highest BCUT2D eigenvalue weighted by Gasteiger charge is 2.32. The highest BCUT2D eigenvalue weighted by molar-refractivity contribution is 5.96. The molecule has 2 amide bonds. The number of amides is 2. The average molecular weight is 307 g/mol. The van der Waals surface area contributed by atoms with Gasteiger partial charge in [-0.2, -0.15) is 0 Å². The molecule has 2 aliphatic rings. The molecule has 7 heteroatoms. The zero-order valence-corrected chi connectivity index (χ0v) is 13.0. The Morgan fingerprint density at radius 2 is 1.82 bits per heavy atom. The van der Waals surface area contributed by atoms with Gasteiger partial charge in [0.25, 0.3) is 11.8 Å². The number of carbonyl (C=O) groups excluding carboxylic acids is 2. The van der Waals surface area contributed by atoms with Crippen LogP contribution < -0.4 is 0 Å². The normalized spacial score (nSPS) is 22.2. The highest BCUT2D eigenvalue weighted by Crippen LogP contribution is 2.18. The molecule has 1 aromatic heterocycles. The molecule has 7 nitrogen and oxygen atoms in total. The lowest BCUT2D eigenvalue weighted by Crippen LogP contribution is -2.52. The van der Waals surface area contributed by atoms with Crippen molar-refractivity contribution in [1.29, 1.82) is 0 Å². The van der Waals surface area contributed by atoms with Gasteiger partial charge in [0, 0.05) is 32.8 Å². The molecule has 0 bridgehead atoms. The van der Waals surface area contributed by atoms with Gasteiger partial charge in [0.2, 0.25) is 0 Å². The fourth-order valence-electron chi connectivity index (χ4n) is 3.05. The summed E-state index contributed by atoms with van der Waals surface area (Å²) < 4.78 is 10.5. The van der Waals surface area contributed by atoms with E-state index in [4.69, 9.17) is 9.26 Å². The van der Waals surface area contributed by atoms with Crippen LogP contribution >= 0.6 is 0 Å². The number of piperazine rings is 1. The van der Waals surface area contributed by atoms with Gasteiger partial charge >= 0.3 is 0 Å². The quantitative estimate of drug-likeness (QED) is 0.806. The van der Waals surface area contributed by atoms with Gasteiger partial charge in [-0.15, -0.1) is 0 Å². The Morgan fingerprint density at radius 3 is 2.36 bits per heavy atom. The molecular weight excluding hydrogens is 286 g/mol. The van der Waals surface area contributed by atoms with Crippen molar-refractivity contribution in [1.82, 2.24) is 15.0 Å². The molecule has 0 saturated carbocycles. The lowest BCUT2D eigenvalue weighted by Gasteiger charge is -2.35. The molecule has 0 spiro atoms. The molecule has 2 fully saturated rings. The first-order valence-corrected chi connectivity index (χ1v) is 7.70. The van der Waals surface area contributed by atoms with Gasteiger partial charge in [-0.25, -0.2) is 0 Å². The van der Waals surface area contributed by atoms with E-state index in [1.54, 1.807) is 23.6 Å². The first kappa shape index (κ1) is 15.0. The van der Waals surface area contributed by atoms with Crippen molar-refractivity contribution in [2.24, 2.45) is 0 Å². The second-order valence-electron chi connectivity index (χ2n) is 5.82. The Morgan fingerprint density at radius 1 is 1.14 bits per heavy atom. The fourth-order valence-corrected chi connectivity index (χ4v) is 3.05. The minimum atomic E-state index is -0.287. The summed E-state index contributed by atoms with van der Waals surface area (Å²) in [6.07, 6.45) is 1.46. The number of hydrogen-bond donors (Lipinski definition) is 0. The van der Waals surface area contributed by atoms with Crippen LogP contribution in [0.2, 0.25) is 0 Å². The highest BCUT2D eigenvalue weighted by atomic mass is 16.5. The Kier molecular flexibility index (Phi) is 4.15. The molecule has 1 unspecified atom stereocenters. The second-order valence-corrected chi connectivity index (χ2v) is 5.82. The van der Waals surface area contributed by atoms with Crippen molar-refractivity contribution < 1.29 is 18.8 Å². The Bertz CT molecular complexity index is 550. The Labute approximate surface area is 129 Å². The molecule has 0 aromatic carbocycles. The van der Waals surface area contributed by atoms with Crippen molar-refractivity contribution in [2.75, 3.05) is 32.8 Å². The summed E-state index contributed by atoms with van der Waals surface area (Å²) >= 11 is 0. The number of aromatic nitrogens is 1. The fraction of sp³-hybridized carbons (Fsp3) is 0.667. The van der Waals surface area contributed by atoms with Crippen LogP contribution in [0.3, 0.4) is 0 Å². The summed E-state index contributed by atoms with van der Waals surface area (Å²) in [5.41, 5.74) is 1.15. The van der Waals surface area contributed by atoms with Gasteiger partial charge in [0.05, 0.1) is 5.69 Å². The molecule has 22 heavy (non-hydrogen) atoms. The monoisotopic (exact) mass is 307 g/mol. The minimum absolute atomic E-state index is 0.0573. The van der Waals surface area contributed by atoms with Crippen molar-refractivity contribution in [3.05, 3.63) is 17.0 Å². The SMILES string of the molecule is Cc1noc(C)c1C(=O)N1CCN(C(=O)C2CCCO2)CC1. The largest absolute Gasteiger partial charge is 0.368 e. The topological polar surface area (TPSA) is 75.9 Å². The van der Waals surface area contributed by atoms with Crippen LogP contribution in [0.15, 0.2) is 4.52 Å². The van der Waals surface area contributed by atoms with Crippen LogP contribution in [0, 0.1) is 13.8 Å². The summed E-state index contributed by atoms with van der Waals surface area (Å²) in [6, 6.07) is 0. The van der Waals surface area contributed by atoms with Crippen LogP contribution in [0.1, 0.15) is 34.7 Å². The van der Waals surface area contributed by atoms with Crippen molar-refractivity contribution >= 4 is 11.8 Å². The molecule has 0 radical (unpaired) electrons. The number of ether oxygens (including phenoxy) is 1. The van der Waals surface area contributed by atoms with E-state index < -0.39 is 0 Å². The van der Waals surface area contributed by atoms with Gasteiger partial charge < -0.3 is 19.1 Å². The van der Waals surface area contributed by atoms with Gasteiger partial charge in [0.1, 0.15) is 17.4 Å². The summed E-state index contributed by atoms with van der Waals surface area (Å²) in [7, 11) is 0. The number of hydrogen-bond acceptors (Lipinski definition) is 5. The van der Waals surface area contributed by atoms with E-state index in [9.17, 15) is 9.59 Å². The average Bonchev–Trinajstić information content (AvgIpc) is 3.17. The van der Waals surface area contributed by atoms with Crippen LogP contribution in [-0.2, 0) is 9.53 Å². The van der Waals surface area contributed by atoms with Gasteiger partial charge in [-0.3, -0.25) is 9.59 Å². The summed E-state index contributed by atoms with van der Waals surface area (Å²) in [5, 5.41) is 3.82. The van der Waals surface area contributed by atoms with E-state index in [1.807, 2.05) is 0 Å². The van der Waals surface area contributed by atoms with Gasteiger partial charge in [0.15, 0.2) is 0 Å². The molecule has 120 valence electrons. The number of aryl methyl sites for hydroxylation is 2. The molecule has 3 heterocycles. The maximum absolute atomic E-state index is 12.5. The predicted molar refractivity (Wildman–Crippen MR) is 77.4 cm³/mol. The maximum atomic E-state index is 12.5. The smallest absolute Gasteiger partial charge is 0.259 e. The van der Waals surface area contributed by atoms with Crippen LogP contribution in [-0.4, -0.2) is 65.7 Å². The third-order valence-corrected chi connectivity index (χ3v) is 4.33. The third-order valence-electron chi connectivity index (χ3n) is 4.33. The van der Waals surface area contributed by atoms with Crippen molar-refractivity contribution in [2.45, 2.75) is 32.8 Å². The van der Waals surface area contributed by atoms with E-state index in [1.165, 1.54) is 0 Å². The van der Waals surface area contributed by atoms with E-state index in [2.05, 4.69) is 5.16 Å². The third kappa shape index (κ3) is 2.72. The first-order valence-electron chi connectivity index (χ1n) is 7.70. The lowest BCUT2D eigenvalue weighted by molar-refractivity contribution is -0.142. The molecule has 0 aliphatic carbocycles. The lowest BCUT2D eigenvalue weighted by atomic mass is 10.1. The van der Waals surface area contributed by atoms with Crippen molar-refractivity contribution in [3.63, 3.8) is 0 Å². The molecule has 1 atom stereocenters. The van der Waals surface area contributed by atoms with Gasteiger partial charge in [-0.1, -0.05) is 5.16 Å². The van der Waals surface area contributed by atoms with E-state index >= 15 is 0 Å². The Balaban J connectivity index is 1.59. The summed E-state index contributed by atoms with van der Waals surface area (Å²) in [6.45, 7) is 6.33. The number of carbonyl (C=O) groups is 2. The zero-order valence-electron chi connectivity index (χ0n) is 13.0. The Hall–Kier alpha value is -1.89. The zero-order chi connectivity index (χ0) is 15.7. The van der Waals surface area contributed by atoms with Gasteiger partial charge in [-0.05, 0) is 26.7 Å². The molecule has 2 aliphatic heterocycles. The molecule has 2 saturated heterocycles. The molecular formula is C15H21N3O4. The number of nitrogens with zero attached hydrogens (tertiary/aromatic N) is 3. The first-order chi connectivity index (χ1) is 10.6. The summed E-state index contributed by atoms with van der Waals surface area (Å²) in [4.78, 5) is 28.4. The van der Waals surface area contributed by atoms with Crippen molar-refractivity contribution in [3.8, 4) is 0 Å². The van der Waals surface area contributed by atoms with Crippen LogP contribution in [0.25, 0.3) is 0 Å². The van der Waals surface area contributed by atoms with E-state index in [0.717, 1.165) is 12.8 Å². The van der Waals surface area contributed by atoms with E-state index in [-0.39, 0.29) is 17.9 Å². The van der Waals surface area contributed by atoms with E-state index in [0.29, 0.717) is 49.8 Å². The standard InChI is InChI=1S/C15H21N3O4/c1-10-13(11(2)22-16-10)15(20)18-7-5-17(6-8-18)14(19)12-4-3-9-21-12/h12H,3-9H2,1-2H3. The number of rotatable bonds is 2. The molecule has 3 rings (SSSR count). The van der Waals surface area contributed by atoms with Crippen LogP contribution in [0.4, 0.5) is 0 Å². The minimum Gasteiger partial charge on any atom is -0.368 e. The molecule has 1 aromatic rings.